The number of carbonyl (C=O) groups is 1. The maximum Gasteiger partial charge on any atom is 0.221 e. The van der Waals surface area contributed by atoms with Crippen LogP contribution in [0.3, 0.4) is 0 Å². The largest absolute Gasteiger partial charge is 0.353 e. The van der Waals surface area contributed by atoms with E-state index in [-0.39, 0.29) is 17.9 Å². The summed E-state index contributed by atoms with van der Waals surface area (Å²) in [4.78, 5) is 12.4. The molecule has 2 aromatic rings. The number of amides is 1. The Kier molecular flexibility index (Phi) is 5.76. The lowest BCUT2D eigenvalue weighted by Crippen LogP contribution is -2.36. The summed E-state index contributed by atoms with van der Waals surface area (Å²) in [6, 6.07) is 20.7. The Hall–Kier alpha value is -2.09. The zero-order chi connectivity index (χ0) is 15.9. The summed E-state index contributed by atoms with van der Waals surface area (Å²) in [5.41, 5.74) is 2.36. The second-order valence-corrected chi connectivity index (χ2v) is 6.18. The van der Waals surface area contributed by atoms with Gasteiger partial charge in [-0.25, -0.2) is 0 Å². The average molecular weight is 295 g/mol. The molecular formula is C20H25NO. The number of benzene rings is 2. The van der Waals surface area contributed by atoms with Gasteiger partial charge in [-0.2, -0.15) is 0 Å². The Morgan fingerprint density at radius 3 is 1.73 bits per heavy atom. The zero-order valence-electron chi connectivity index (χ0n) is 13.6. The van der Waals surface area contributed by atoms with Gasteiger partial charge < -0.3 is 5.32 Å². The summed E-state index contributed by atoms with van der Waals surface area (Å²) < 4.78 is 0. The van der Waals surface area contributed by atoms with Crippen molar-refractivity contribution in [2.45, 2.75) is 39.2 Å². The fourth-order valence-corrected chi connectivity index (χ4v) is 2.46. The molecule has 2 nitrogen and oxygen atoms in total. The molecule has 116 valence electrons. The maximum atomic E-state index is 12.4. The smallest absolute Gasteiger partial charge is 0.221 e. The lowest BCUT2D eigenvalue weighted by molar-refractivity contribution is -0.122. The van der Waals surface area contributed by atoms with Crippen molar-refractivity contribution in [2.24, 2.45) is 5.92 Å². The first-order chi connectivity index (χ1) is 10.6. The Labute approximate surface area is 133 Å². The number of nitrogens with one attached hydrogen (secondary N) is 1. The van der Waals surface area contributed by atoms with E-state index in [4.69, 9.17) is 0 Å². The third-order valence-electron chi connectivity index (χ3n) is 4.18. The lowest BCUT2D eigenvalue weighted by atomic mass is 9.88. The predicted octanol–water partition coefficient (Wildman–Crippen LogP) is 4.37. The van der Waals surface area contributed by atoms with E-state index in [9.17, 15) is 4.79 Å². The Morgan fingerprint density at radius 2 is 1.32 bits per heavy atom. The van der Waals surface area contributed by atoms with Crippen LogP contribution in [-0.4, -0.2) is 11.9 Å². The minimum Gasteiger partial charge on any atom is -0.353 e. The van der Waals surface area contributed by atoms with Gasteiger partial charge in [-0.1, -0.05) is 74.5 Å². The Bertz CT molecular complexity index is 538. The van der Waals surface area contributed by atoms with Crippen LogP contribution in [0.5, 0.6) is 0 Å². The van der Waals surface area contributed by atoms with Crippen LogP contribution in [0.25, 0.3) is 0 Å². The van der Waals surface area contributed by atoms with Crippen molar-refractivity contribution >= 4 is 5.91 Å². The highest BCUT2D eigenvalue weighted by molar-refractivity contribution is 5.77. The van der Waals surface area contributed by atoms with E-state index in [2.05, 4.69) is 50.4 Å². The van der Waals surface area contributed by atoms with Gasteiger partial charge in [0.1, 0.15) is 0 Å². The van der Waals surface area contributed by atoms with E-state index in [0.717, 1.165) is 0 Å². The van der Waals surface area contributed by atoms with Crippen LogP contribution in [0.4, 0.5) is 0 Å². The van der Waals surface area contributed by atoms with Gasteiger partial charge in [-0.3, -0.25) is 4.79 Å². The van der Waals surface area contributed by atoms with Crippen molar-refractivity contribution in [1.29, 1.82) is 0 Å². The van der Waals surface area contributed by atoms with Crippen LogP contribution < -0.4 is 5.32 Å². The molecule has 2 aromatic carbocycles. The molecule has 0 heterocycles. The lowest BCUT2D eigenvalue weighted by Gasteiger charge is -2.21. The standard InChI is InChI=1S/C20H25NO/c1-15(2)16(3)21-20(22)14-19(17-10-6-4-7-11-17)18-12-8-5-9-13-18/h4-13,15-16,19H,14H2,1-3H3,(H,21,22)/t16-/m1/s1. The van der Waals surface area contributed by atoms with Gasteiger partial charge in [-0.15, -0.1) is 0 Å². The summed E-state index contributed by atoms with van der Waals surface area (Å²) in [6.07, 6.45) is 0.477. The average Bonchev–Trinajstić information content (AvgIpc) is 2.54. The van der Waals surface area contributed by atoms with Crippen LogP contribution >= 0.6 is 0 Å². The molecule has 0 saturated carbocycles. The Balaban J connectivity index is 2.18. The predicted molar refractivity (Wildman–Crippen MR) is 91.8 cm³/mol. The first-order valence-corrected chi connectivity index (χ1v) is 7.97. The quantitative estimate of drug-likeness (QED) is 0.842. The minimum atomic E-state index is 0.0989. The van der Waals surface area contributed by atoms with E-state index in [1.165, 1.54) is 11.1 Å². The molecule has 2 rings (SSSR count). The molecule has 0 radical (unpaired) electrons. The first kappa shape index (κ1) is 16.3. The maximum absolute atomic E-state index is 12.4. The number of rotatable bonds is 6. The van der Waals surface area contributed by atoms with Gasteiger partial charge in [0, 0.05) is 18.4 Å². The van der Waals surface area contributed by atoms with Crippen molar-refractivity contribution < 1.29 is 4.79 Å². The zero-order valence-corrected chi connectivity index (χ0v) is 13.6. The van der Waals surface area contributed by atoms with Crippen LogP contribution in [0, 0.1) is 5.92 Å². The number of hydrogen-bond acceptors (Lipinski definition) is 1. The molecule has 0 unspecified atom stereocenters. The molecule has 0 spiro atoms. The molecule has 0 aliphatic rings. The fourth-order valence-electron chi connectivity index (χ4n) is 2.46. The number of hydrogen-bond donors (Lipinski definition) is 1. The van der Waals surface area contributed by atoms with Crippen LogP contribution in [0.15, 0.2) is 60.7 Å². The van der Waals surface area contributed by atoms with Crippen molar-refractivity contribution in [1.82, 2.24) is 5.32 Å². The molecule has 22 heavy (non-hydrogen) atoms. The molecule has 0 aliphatic carbocycles. The fraction of sp³-hybridized carbons (Fsp3) is 0.350. The molecule has 1 N–H and O–H groups in total. The summed E-state index contributed by atoms with van der Waals surface area (Å²) in [5.74, 6) is 0.650. The third kappa shape index (κ3) is 4.45. The van der Waals surface area contributed by atoms with Crippen molar-refractivity contribution in [3.05, 3.63) is 71.8 Å². The summed E-state index contributed by atoms with van der Waals surface area (Å²) >= 11 is 0. The molecular weight excluding hydrogens is 270 g/mol. The molecule has 1 atom stereocenters. The normalized spacial score (nSPS) is 12.4. The molecule has 0 aliphatic heterocycles. The molecule has 2 heteroatoms. The highest BCUT2D eigenvalue weighted by Gasteiger charge is 2.19. The number of carbonyl (C=O) groups excluding carboxylic acids is 1. The van der Waals surface area contributed by atoms with E-state index < -0.39 is 0 Å². The van der Waals surface area contributed by atoms with Crippen LogP contribution in [0.2, 0.25) is 0 Å². The van der Waals surface area contributed by atoms with E-state index in [1.54, 1.807) is 0 Å². The molecule has 0 saturated heterocycles. The van der Waals surface area contributed by atoms with E-state index >= 15 is 0 Å². The van der Waals surface area contributed by atoms with Crippen molar-refractivity contribution in [3.63, 3.8) is 0 Å². The van der Waals surface area contributed by atoms with Gasteiger partial charge in [0.2, 0.25) is 5.91 Å². The monoisotopic (exact) mass is 295 g/mol. The molecule has 0 bridgehead atoms. The van der Waals surface area contributed by atoms with Crippen molar-refractivity contribution in [3.8, 4) is 0 Å². The first-order valence-electron chi connectivity index (χ1n) is 7.97. The van der Waals surface area contributed by atoms with Crippen LogP contribution in [0.1, 0.15) is 44.2 Å². The van der Waals surface area contributed by atoms with Gasteiger partial charge in [-0.05, 0) is 24.0 Å². The minimum absolute atomic E-state index is 0.0989. The van der Waals surface area contributed by atoms with Crippen molar-refractivity contribution in [2.75, 3.05) is 0 Å². The molecule has 0 aromatic heterocycles. The molecule has 0 fully saturated rings. The SMILES string of the molecule is CC(C)[C@@H](C)NC(=O)CC(c1ccccc1)c1ccccc1. The van der Waals surface area contributed by atoms with Gasteiger partial charge in [0.15, 0.2) is 0 Å². The second kappa shape index (κ2) is 7.79. The summed E-state index contributed by atoms with van der Waals surface area (Å²) in [7, 11) is 0. The van der Waals surface area contributed by atoms with E-state index in [0.29, 0.717) is 12.3 Å². The summed E-state index contributed by atoms with van der Waals surface area (Å²) in [5, 5.41) is 3.11. The highest BCUT2D eigenvalue weighted by atomic mass is 16.1. The molecule has 1 amide bonds. The van der Waals surface area contributed by atoms with Gasteiger partial charge in [0.05, 0.1) is 0 Å². The summed E-state index contributed by atoms with van der Waals surface area (Å²) in [6.45, 7) is 6.30. The van der Waals surface area contributed by atoms with Gasteiger partial charge in [0.25, 0.3) is 0 Å². The van der Waals surface area contributed by atoms with Crippen LogP contribution in [-0.2, 0) is 4.79 Å². The highest BCUT2D eigenvalue weighted by Crippen LogP contribution is 2.27. The third-order valence-corrected chi connectivity index (χ3v) is 4.18. The topological polar surface area (TPSA) is 29.1 Å². The Morgan fingerprint density at radius 1 is 0.864 bits per heavy atom. The van der Waals surface area contributed by atoms with E-state index in [1.807, 2.05) is 36.4 Å². The second-order valence-electron chi connectivity index (χ2n) is 6.18. The van der Waals surface area contributed by atoms with Gasteiger partial charge >= 0.3 is 0 Å².